The van der Waals surface area contributed by atoms with E-state index in [1.54, 1.807) is 0 Å². The van der Waals surface area contributed by atoms with Crippen molar-refractivity contribution in [2.24, 2.45) is 0 Å². The smallest absolute Gasteiger partial charge is 0.113 e. The minimum atomic E-state index is 0.117. The summed E-state index contributed by atoms with van der Waals surface area (Å²) in [6.07, 6.45) is 5.14. The third kappa shape index (κ3) is 2.34. The Bertz CT molecular complexity index is 440. The molecule has 0 saturated carbocycles. The van der Waals surface area contributed by atoms with Gasteiger partial charge in [0.15, 0.2) is 0 Å². The van der Waals surface area contributed by atoms with E-state index in [0.29, 0.717) is 6.04 Å². The van der Waals surface area contributed by atoms with Gasteiger partial charge in [-0.1, -0.05) is 0 Å². The zero-order chi connectivity index (χ0) is 13.6. The van der Waals surface area contributed by atoms with Gasteiger partial charge < -0.3 is 10.2 Å². The molecule has 0 spiro atoms. The molecule has 0 aromatic carbocycles. The molecular formula is C15H25N3S. The van der Waals surface area contributed by atoms with Gasteiger partial charge in [0.05, 0.1) is 5.54 Å². The molecular weight excluding hydrogens is 254 g/mol. The van der Waals surface area contributed by atoms with Crippen molar-refractivity contribution >= 4 is 11.3 Å². The van der Waals surface area contributed by atoms with Gasteiger partial charge in [-0.15, -0.1) is 11.3 Å². The molecule has 1 aromatic rings. The van der Waals surface area contributed by atoms with E-state index >= 15 is 0 Å². The molecule has 3 heterocycles. The standard InChI is InChI=1S/C15H25N3S/c1-10(2)17-15(14-16-11(3)9-19-14)7-12-5-6-13(8-15)18(12)4/h9-10,12-13,17H,5-8H2,1-4H3. The summed E-state index contributed by atoms with van der Waals surface area (Å²) in [5, 5.41) is 7.37. The van der Waals surface area contributed by atoms with Crippen LogP contribution < -0.4 is 5.32 Å². The summed E-state index contributed by atoms with van der Waals surface area (Å²) >= 11 is 1.84. The number of aromatic nitrogens is 1. The minimum absolute atomic E-state index is 0.117. The first-order valence-electron chi connectivity index (χ1n) is 7.42. The molecule has 19 heavy (non-hydrogen) atoms. The van der Waals surface area contributed by atoms with Crippen LogP contribution in [0.5, 0.6) is 0 Å². The first-order valence-corrected chi connectivity index (χ1v) is 8.30. The van der Waals surface area contributed by atoms with E-state index in [0.717, 1.165) is 17.8 Å². The van der Waals surface area contributed by atoms with Crippen molar-refractivity contribution in [1.29, 1.82) is 0 Å². The number of nitrogens with zero attached hydrogens (tertiary/aromatic N) is 2. The normalized spacial score (nSPS) is 35.2. The van der Waals surface area contributed by atoms with Crippen LogP contribution in [0.15, 0.2) is 5.38 Å². The van der Waals surface area contributed by atoms with E-state index < -0.39 is 0 Å². The second-order valence-corrected chi connectivity index (χ2v) is 7.49. The Labute approximate surface area is 120 Å². The van der Waals surface area contributed by atoms with E-state index in [2.05, 4.69) is 43.4 Å². The molecule has 2 atom stereocenters. The lowest BCUT2D eigenvalue weighted by atomic mass is 9.82. The van der Waals surface area contributed by atoms with Gasteiger partial charge in [-0.3, -0.25) is 0 Å². The SMILES string of the molecule is Cc1csc(C2(NC(C)C)CC3CCC(C2)N3C)n1. The van der Waals surface area contributed by atoms with Crippen LogP contribution in [-0.4, -0.2) is 35.1 Å². The van der Waals surface area contributed by atoms with Gasteiger partial charge in [0.25, 0.3) is 0 Å². The number of hydrogen-bond acceptors (Lipinski definition) is 4. The van der Waals surface area contributed by atoms with E-state index in [9.17, 15) is 0 Å². The summed E-state index contributed by atoms with van der Waals surface area (Å²) < 4.78 is 0. The average Bonchev–Trinajstić information content (AvgIpc) is 2.83. The second kappa shape index (κ2) is 4.83. The van der Waals surface area contributed by atoms with Gasteiger partial charge in [-0.05, 0) is 53.5 Å². The molecule has 2 fully saturated rings. The molecule has 2 aliphatic heterocycles. The zero-order valence-electron chi connectivity index (χ0n) is 12.4. The molecule has 1 aromatic heterocycles. The molecule has 2 aliphatic rings. The van der Waals surface area contributed by atoms with E-state index in [1.165, 1.54) is 30.7 Å². The van der Waals surface area contributed by atoms with Crippen molar-refractivity contribution in [1.82, 2.24) is 15.2 Å². The predicted octanol–water partition coefficient (Wildman–Crippen LogP) is 2.90. The van der Waals surface area contributed by atoms with E-state index in [-0.39, 0.29) is 5.54 Å². The molecule has 0 aliphatic carbocycles. The molecule has 2 bridgehead atoms. The topological polar surface area (TPSA) is 28.2 Å². The van der Waals surface area contributed by atoms with E-state index in [1.807, 2.05) is 11.3 Å². The van der Waals surface area contributed by atoms with Gasteiger partial charge in [0.2, 0.25) is 0 Å². The largest absolute Gasteiger partial charge is 0.303 e. The fourth-order valence-corrected chi connectivity index (χ4v) is 4.93. The van der Waals surface area contributed by atoms with Crippen molar-refractivity contribution < 1.29 is 0 Å². The molecule has 2 saturated heterocycles. The van der Waals surface area contributed by atoms with E-state index in [4.69, 9.17) is 4.98 Å². The number of piperidine rings is 1. The lowest BCUT2D eigenvalue weighted by molar-refractivity contribution is 0.0830. The van der Waals surface area contributed by atoms with Crippen molar-refractivity contribution in [3.05, 3.63) is 16.1 Å². The van der Waals surface area contributed by atoms with Crippen LogP contribution in [-0.2, 0) is 5.54 Å². The summed E-state index contributed by atoms with van der Waals surface area (Å²) in [6.45, 7) is 6.61. The molecule has 0 radical (unpaired) electrons. The number of fused-ring (bicyclic) bond motifs is 2. The maximum absolute atomic E-state index is 4.82. The van der Waals surface area contributed by atoms with Crippen molar-refractivity contribution in [2.75, 3.05) is 7.05 Å². The zero-order valence-corrected chi connectivity index (χ0v) is 13.3. The fraction of sp³-hybridized carbons (Fsp3) is 0.800. The summed E-state index contributed by atoms with van der Waals surface area (Å²) in [5.41, 5.74) is 1.28. The highest BCUT2D eigenvalue weighted by atomic mass is 32.1. The number of hydrogen-bond donors (Lipinski definition) is 1. The highest BCUT2D eigenvalue weighted by Gasteiger charge is 2.49. The Morgan fingerprint density at radius 2 is 2.00 bits per heavy atom. The molecule has 4 heteroatoms. The highest BCUT2D eigenvalue weighted by molar-refractivity contribution is 7.09. The van der Waals surface area contributed by atoms with Gasteiger partial charge in [-0.25, -0.2) is 4.98 Å². The Morgan fingerprint density at radius 1 is 1.37 bits per heavy atom. The van der Waals surface area contributed by atoms with Crippen LogP contribution in [0.4, 0.5) is 0 Å². The van der Waals surface area contributed by atoms with Crippen LogP contribution in [0.1, 0.15) is 50.2 Å². The number of rotatable bonds is 3. The highest BCUT2D eigenvalue weighted by Crippen LogP contribution is 2.45. The molecule has 1 N–H and O–H groups in total. The summed E-state index contributed by atoms with van der Waals surface area (Å²) in [4.78, 5) is 7.42. The van der Waals surface area contributed by atoms with Gasteiger partial charge in [0.1, 0.15) is 5.01 Å². The Hall–Kier alpha value is -0.450. The van der Waals surface area contributed by atoms with Crippen molar-refractivity contribution in [3.8, 4) is 0 Å². The predicted molar refractivity (Wildman–Crippen MR) is 80.6 cm³/mol. The third-order valence-electron chi connectivity index (χ3n) is 4.75. The Kier molecular flexibility index (Phi) is 3.44. The molecule has 0 amide bonds. The Balaban J connectivity index is 1.94. The first-order chi connectivity index (χ1) is 9.00. The Morgan fingerprint density at radius 3 is 2.47 bits per heavy atom. The van der Waals surface area contributed by atoms with Crippen LogP contribution >= 0.6 is 11.3 Å². The molecule has 106 valence electrons. The van der Waals surface area contributed by atoms with Gasteiger partial charge in [-0.2, -0.15) is 0 Å². The van der Waals surface area contributed by atoms with Crippen LogP contribution in [0.3, 0.4) is 0 Å². The van der Waals surface area contributed by atoms with Crippen molar-refractivity contribution in [2.45, 2.75) is 70.1 Å². The number of thiazole rings is 1. The lowest BCUT2D eigenvalue weighted by Crippen LogP contribution is -2.56. The first kappa shape index (κ1) is 13.5. The summed E-state index contributed by atoms with van der Waals surface area (Å²) in [6, 6.07) is 1.97. The maximum Gasteiger partial charge on any atom is 0.113 e. The number of nitrogens with one attached hydrogen (secondary N) is 1. The molecule has 3 rings (SSSR count). The quantitative estimate of drug-likeness (QED) is 0.922. The van der Waals surface area contributed by atoms with Crippen LogP contribution in [0.2, 0.25) is 0 Å². The minimum Gasteiger partial charge on any atom is -0.303 e. The molecule has 2 unspecified atom stereocenters. The summed E-state index contributed by atoms with van der Waals surface area (Å²) in [7, 11) is 2.30. The van der Waals surface area contributed by atoms with Gasteiger partial charge in [0, 0.05) is 29.2 Å². The average molecular weight is 279 g/mol. The monoisotopic (exact) mass is 279 g/mol. The second-order valence-electron chi connectivity index (χ2n) is 6.63. The van der Waals surface area contributed by atoms with Crippen molar-refractivity contribution in [3.63, 3.8) is 0 Å². The number of aryl methyl sites for hydroxylation is 1. The third-order valence-corrected chi connectivity index (χ3v) is 5.91. The molecule has 3 nitrogen and oxygen atoms in total. The van der Waals surface area contributed by atoms with Crippen LogP contribution in [0, 0.1) is 6.92 Å². The van der Waals surface area contributed by atoms with Crippen LogP contribution in [0.25, 0.3) is 0 Å². The van der Waals surface area contributed by atoms with Gasteiger partial charge >= 0.3 is 0 Å². The fourth-order valence-electron chi connectivity index (χ4n) is 3.95. The maximum atomic E-state index is 4.82. The summed E-state index contributed by atoms with van der Waals surface area (Å²) in [5.74, 6) is 0. The lowest BCUT2D eigenvalue weighted by Gasteiger charge is -2.45.